The Labute approximate surface area is 187 Å². The molecule has 0 aliphatic heterocycles. The second kappa shape index (κ2) is 6.78. The van der Waals surface area contributed by atoms with Gasteiger partial charge in [-0.2, -0.15) is 0 Å². The number of carbonyl (C=O) groups is 1. The molecule has 0 amide bonds. The number of nitrogens with one attached hydrogen (secondary N) is 1. The van der Waals surface area contributed by atoms with Crippen molar-refractivity contribution >= 4 is 32.8 Å². The number of aromatic nitrogens is 3. The average molecular weight is 455 g/mol. The van der Waals surface area contributed by atoms with Crippen molar-refractivity contribution in [3.05, 3.63) is 48.4 Å². The van der Waals surface area contributed by atoms with Crippen molar-refractivity contribution in [2.75, 3.05) is 5.32 Å². The minimum atomic E-state index is -3.80. The maximum absolute atomic E-state index is 13.2. The Morgan fingerprint density at radius 3 is 2.44 bits per heavy atom. The summed E-state index contributed by atoms with van der Waals surface area (Å²) in [5.74, 6) is 0.718. The van der Waals surface area contributed by atoms with E-state index in [0.717, 1.165) is 18.4 Å². The molecule has 1 N–H and O–H groups in total. The number of rotatable bonds is 5. The topological polar surface area (TPSA) is 103 Å². The van der Waals surface area contributed by atoms with E-state index in [0.29, 0.717) is 22.8 Å². The number of aryl methyl sites for hydroxylation is 1. The van der Waals surface area contributed by atoms with Gasteiger partial charge >= 0.3 is 5.97 Å². The third kappa shape index (κ3) is 3.09. The Bertz CT molecular complexity index is 1320. The van der Waals surface area contributed by atoms with E-state index in [2.05, 4.69) is 15.3 Å². The van der Waals surface area contributed by atoms with Crippen molar-refractivity contribution in [3.8, 4) is 0 Å². The van der Waals surface area contributed by atoms with E-state index < -0.39 is 21.0 Å². The molecule has 2 aromatic heterocycles. The minimum absolute atomic E-state index is 0.0764. The number of esters is 1. The molecular formula is C23H26N4O4S. The third-order valence-corrected chi connectivity index (χ3v) is 8.12. The molecule has 3 fully saturated rings. The Morgan fingerprint density at radius 1 is 1.16 bits per heavy atom. The number of hydrogen-bond donors (Lipinski definition) is 1. The average Bonchev–Trinajstić information content (AvgIpc) is 3.09. The lowest BCUT2D eigenvalue weighted by Crippen LogP contribution is -2.72. The van der Waals surface area contributed by atoms with E-state index in [1.807, 2.05) is 27.7 Å². The standard InChI is InChI=1S/C23H26N4O4S/c1-14-5-7-16(8-6-14)32(29,30)27-10-9-17-19(24-13-25-20(17)27)26-18-15-11-23(18,12-15)21(28)31-22(2,3)4/h5-10,13,15,18H,11-12H2,1-4H3,(H,24,25,26). The molecule has 32 heavy (non-hydrogen) atoms. The van der Waals surface area contributed by atoms with Gasteiger partial charge in [0.2, 0.25) is 0 Å². The van der Waals surface area contributed by atoms with E-state index in [1.165, 1.54) is 16.5 Å². The molecule has 1 atom stereocenters. The van der Waals surface area contributed by atoms with Crippen LogP contribution in [-0.2, 0) is 19.6 Å². The second-order valence-electron chi connectivity index (χ2n) is 9.84. The van der Waals surface area contributed by atoms with Gasteiger partial charge in [-0.1, -0.05) is 17.7 Å². The molecule has 168 valence electrons. The van der Waals surface area contributed by atoms with Crippen LogP contribution in [0, 0.1) is 18.3 Å². The van der Waals surface area contributed by atoms with Gasteiger partial charge in [0.15, 0.2) is 5.65 Å². The van der Waals surface area contributed by atoms with Crippen molar-refractivity contribution in [1.29, 1.82) is 0 Å². The maximum Gasteiger partial charge on any atom is 0.314 e. The quantitative estimate of drug-likeness (QED) is 0.589. The summed E-state index contributed by atoms with van der Waals surface area (Å²) in [6, 6.07) is 8.31. The van der Waals surface area contributed by atoms with Crippen LogP contribution in [0.2, 0.25) is 0 Å². The van der Waals surface area contributed by atoms with Gasteiger partial charge in [-0.25, -0.2) is 22.4 Å². The normalized spacial score (nSPS) is 24.5. The molecular weight excluding hydrogens is 428 g/mol. The first-order chi connectivity index (χ1) is 15.0. The van der Waals surface area contributed by atoms with Crippen LogP contribution in [-0.4, -0.2) is 40.0 Å². The van der Waals surface area contributed by atoms with Crippen molar-refractivity contribution in [2.45, 2.75) is 57.1 Å². The van der Waals surface area contributed by atoms with Crippen molar-refractivity contribution in [3.63, 3.8) is 0 Å². The first-order valence-electron chi connectivity index (χ1n) is 10.7. The summed E-state index contributed by atoms with van der Waals surface area (Å²) in [5, 5.41) is 3.97. The van der Waals surface area contributed by atoms with Crippen LogP contribution in [0.25, 0.3) is 11.0 Å². The SMILES string of the molecule is Cc1ccc(S(=O)(=O)n2ccc3c(NC4C5CC4(C(=O)OC(C)(C)C)C5)ncnc32)cc1. The van der Waals surface area contributed by atoms with Crippen molar-refractivity contribution < 1.29 is 17.9 Å². The Balaban J connectivity index is 1.45. The predicted octanol–water partition coefficient (Wildman–Crippen LogP) is 3.51. The second-order valence-corrected chi connectivity index (χ2v) is 11.7. The molecule has 2 heterocycles. The molecule has 0 spiro atoms. The largest absolute Gasteiger partial charge is 0.459 e. The molecule has 2 bridgehead atoms. The van der Waals surface area contributed by atoms with Gasteiger partial charge in [0.05, 0.1) is 15.7 Å². The van der Waals surface area contributed by atoms with E-state index in [1.54, 1.807) is 30.3 Å². The molecule has 1 unspecified atom stereocenters. The number of carbonyl (C=O) groups excluding carboxylic acids is 1. The number of nitrogens with zero attached hydrogens (tertiary/aromatic N) is 3. The van der Waals surface area contributed by atoms with Gasteiger partial charge in [-0.05, 0) is 64.7 Å². The zero-order valence-corrected chi connectivity index (χ0v) is 19.3. The van der Waals surface area contributed by atoms with Crippen LogP contribution >= 0.6 is 0 Å². The van der Waals surface area contributed by atoms with Crippen LogP contribution in [0.3, 0.4) is 0 Å². The van der Waals surface area contributed by atoms with Gasteiger partial charge < -0.3 is 10.1 Å². The molecule has 0 saturated heterocycles. The lowest BCUT2D eigenvalue weighted by atomic mass is 9.40. The van der Waals surface area contributed by atoms with Crippen molar-refractivity contribution in [1.82, 2.24) is 13.9 Å². The summed E-state index contributed by atoms with van der Waals surface area (Å²) < 4.78 is 33.2. The summed E-state index contributed by atoms with van der Waals surface area (Å²) in [7, 11) is -3.80. The fraction of sp³-hybridized carbons (Fsp3) is 0.435. The minimum Gasteiger partial charge on any atom is -0.459 e. The maximum atomic E-state index is 13.2. The number of fused-ring (bicyclic) bond motifs is 1. The van der Waals surface area contributed by atoms with Gasteiger partial charge in [-0.3, -0.25) is 4.79 Å². The number of benzene rings is 1. The van der Waals surface area contributed by atoms with Gasteiger partial charge in [-0.15, -0.1) is 0 Å². The lowest BCUT2D eigenvalue weighted by molar-refractivity contribution is -0.206. The molecule has 9 heteroatoms. The number of ether oxygens (including phenoxy) is 1. The van der Waals surface area contributed by atoms with Crippen molar-refractivity contribution in [2.24, 2.45) is 11.3 Å². The highest BCUT2D eigenvalue weighted by molar-refractivity contribution is 7.90. The highest BCUT2D eigenvalue weighted by Gasteiger charge is 2.71. The summed E-state index contributed by atoms with van der Waals surface area (Å²) in [4.78, 5) is 21.6. The van der Waals surface area contributed by atoms with Gasteiger partial charge in [0, 0.05) is 12.2 Å². The molecule has 1 aromatic carbocycles. The Kier molecular flexibility index (Phi) is 4.43. The summed E-state index contributed by atoms with van der Waals surface area (Å²) in [5.41, 5.74) is 0.197. The zero-order valence-electron chi connectivity index (χ0n) is 18.5. The zero-order chi connectivity index (χ0) is 22.9. The first-order valence-corrected chi connectivity index (χ1v) is 12.1. The first kappa shape index (κ1) is 20.9. The highest BCUT2D eigenvalue weighted by atomic mass is 32.2. The number of hydrogen-bond acceptors (Lipinski definition) is 7. The molecule has 6 rings (SSSR count). The molecule has 8 nitrogen and oxygen atoms in total. The Morgan fingerprint density at radius 2 is 1.84 bits per heavy atom. The van der Waals surface area contributed by atoms with Crippen LogP contribution in [0.1, 0.15) is 39.2 Å². The van der Waals surface area contributed by atoms with E-state index in [-0.39, 0.29) is 16.9 Å². The smallest absolute Gasteiger partial charge is 0.314 e. The van der Waals surface area contributed by atoms with Crippen LogP contribution in [0.5, 0.6) is 0 Å². The van der Waals surface area contributed by atoms with Gasteiger partial charge in [0.1, 0.15) is 17.7 Å². The van der Waals surface area contributed by atoms with Crippen LogP contribution in [0.4, 0.5) is 5.82 Å². The molecule has 3 aliphatic rings. The Hall–Kier alpha value is -2.94. The summed E-state index contributed by atoms with van der Waals surface area (Å²) in [6.45, 7) is 7.50. The summed E-state index contributed by atoms with van der Waals surface area (Å²) in [6.07, 6.45) is 4.44. The fourth-order valence-electron chi connectivity index (χ4n) is 4.63. The lowest BCUT2D eigenvalue weighted by Gasteiger charge is -2.66. The summed E-state index contributed by atoms with van der Waals surface area (Å²) >= 11 is 0. The third-order valence-electron chi connectivity index (χ3n) is 6.44. The fourth-order valence-corrected chi connectivity index (χ4v) is 5.93. The monoisotopic (exact) mass is 454 g/mol. The van der Waals surface area contributed by atoms with Crippen LogP contribution in [0.15, 0.2) is 47.8 Å². The predicted molar refractivity (Wildman–Crippen MR) is 120 cm³/mol. The van der Waals surface area contributed by atoms with E-state index >= 15 is 0 Å². The van der Waals surface area contributed by atoms with E-state index in [9.17, 15) is 13.2 Å². The van der Waals surface area contributed by atoms with Crippen LogP contribution < -0.4 is 5.32 Å². The van der Waals surface area contributed by atoms with Gasteiger partial charge in [0.25, 0.3) is 10.0 Å². The molecule has 3 aliphatic carbocycles. The number of anilines is 1. The highest BCUT2D eigenvalue weighted by Crippen LogP contribution is 2.66. The van der Waals surface area contributed by atoms with E-state index in [4.69, 9.17) is 4.74 Å². The molecule has 3 aromatic rings. The molecule has 3 saturated carbocycles. The molecule has 0 radical (unpaired) electrons.